The van der Waals surface area contributed by atoms with Crippen molar-refractivity contribution < 1.29 is 23.8 Å². The zero-order valence-corrected chi connectivity index (χ0v) is 21.5. The molecule has 194 valence electrons. The molecule has 1 atom stereocenters. The van der Waals surface area contributed by atoms with Gasteiger partial charge in [0.1, 0.15) is 6.10 Å². The Morgan fingerprint density at radius 3 is 2.47 bits per heavy atom. The van der Waals surface area contributed by atoms with Crippen molar-refractivity contribution in [2.75, 3.05) is 5.32 Å². The van der Waals surface area contributed by atoms with Crippen LogP contribution >= 0.6 is 11.6 Å². The molecule has 7 nitrogen and oxygen atoms in total. The molecule has 9 heteroatoms. The SMILES string of the molecule is Cc1cc(C2(C(=O)O)CC2)ccc1-c1ccc(-n2ncc(F)c2NC(=O)OC(C)c2ccccc2Cl)cc1. The summed E-state index contributed by atoms with van der Waals surface area (Å²) >= 11 is 6.18. The zero-order chi connectivity index (χ0) is 27.0. The number of nitrogens with zero attached hydrogens (tertiary/aromatic N) is 2. The summed E-state index contributed by atoms with van der Waals surface area (Å²) in [5.74, 6) is -1.65. The van der Waals surface area contributed by atoms with Crippen LogP contribution in [-0.4, -0.2) is 26.9 Å². The summed E-state index contributed by atoms with van der Waals surface area (Å²) in [6.45, 7) is 3.62. The maximum Gasteiger partial charge on any atom is 0.413 e. The number of carbonyl (C=O) groups excluding carboxylic acids is 1. The van der Waals surface area contributed by atoms with E-state index in [0.717, 1.165) is 28.5 Å². The molecule has 1 fully saturated rings. The maximum absolute atomic E-state index is 14.6. The molecule has 1 saturated carbocycles. The molecule has 1 aliphatic rings. The van der Waals surface area contributed by atoms with E-state index >= 15 is 0 Å². The number of benzene rings is 3. The van der Waals surface area contributed by atoms with Crippen molar-refractivity contribution in [3.63, 3.8) is 0 Å². The molecule has 1 aromatic heterocycles. The van der Waals surface area contributed by atoms with E-state index in [2.05, 4.69) is 10.4 Å². The first-order valence-corrected chi connectivity index (χ1v) is 12.5. The van der Waals surface area contributed by atoms with E-state index in [1.54, 1.807) is 43.3 Å². The van der Waals surface area contributed by atoms with Crippen LogP contribution in [0, 0.1) is 12.7 Å². The zero-order valence-electron chi connectivity index (χ0n) is 20.7. The van der Waals surface area contributed by atoms with E-state index in [1.807, 2.05) is 37.3 Å². The highest BCUT2D eigenvalue weighted by Crippen LogP contribution is 2.49. The van der Waals surface area contributed by atoms with E-state index in [9.17, 15) is 19.1 Å². The predicted molar refractivity (Wildman–Crippen MR) is 142 cm³/mol. The molecule has 1 unspecified atom stereocenters. The smallest absolute Gasteiger partial charge is 0.413 e. The van der Waals surface area contributed by atoms with E-state index in [0.29, 0.717) is 29.1 Å². The van der Waals surface area contributed by atoms with Crippen molar-refractivity contribution in [1.29, 1.82) is 0 Å². The first-order valence-electron chi connectivity index (χ1n) is 12.1. The summed E-state index contributed by atoms with van der Waals surface area (Å²) < 4.78 is 21.2. The van der Waals surface area contributed by atoms with E-state index in [1.165, 1.54) is 4.68 Å². The molecule has 3 aromatic carbocycles. The van der Waals surface area contributed by atoms with Crippen molar-refractivity contribution in [3.05, 3.63) is 100 Å². The molecule has 0 aliphatic heterocycles. The summed E-state index contributed by atoms with van der Waals surface area (Å²) in [5, 5.41) is 16.6. The van der Waals surface area contributed by atoms with Gasteiger partial charge in [0.25, 0.3) is 0 Å². The summed E-state index contributed by atoms with van der Waals surface area (Å²) in [6.07, 6.45) is 0.820. The van der Waals surface area contributed by atoms with Crippen LogP contribution in [0.5, 0.6) is 0 Å². The Bertz CT molecular complexity index is 1530. The molecule has 0 radical (unpaired) electrons. The van der Waals surface area contributed by atoms with E-state index in [-0.39, 0.29) is 5.82 Å². The molecule has 0 spiro atoms. The lowest BCUT2D eigenvalue weighted by Gasteiger charge is -2.16. The lowest BCUT2D eigenvalue weighted by atomic mass is 9.91. The first kappa shape index (κ1) is 25.5. The highest BCUT2D eigenvalue weighted by molar-refractivity contribution is 6.31. The number of ether oxygens (including phenoxy) is 1. The fraction of sp³-hybridized carbons (Fsp3) is 0.207. The van der Waals surface area contributed by atoms with Crippen molar-refractivity contribution in [2.45, 2.75) is 38.2 Å². The fourth-order valence-electron chi connectivity index (χ4n) is 4.61. The number of halogens is 2. The average Bonchev–Trinajstić information content (AvgIpc) is 3.64. The predicted octanol–water partition coefficient (Wildman–Crippen LogP) is 7.07. The standard InChI is InChI=1S/C29H25ClFN3O4/c1-17-15-20(29(13-14-29)27(35)36)9-12-22(17)19-7-10-21(11-8-19)34-26(25(31)16-32-34)33-28(37)38-18(2)23-5-3-4-6-24(23)30/h3-12,15-16,18H,13-14H2,1-2H3,(H,33,37)(H,35,36). The number of carbonyl (C=O) groups is 2. The van der Waals surface area contributed by atoms with Crippen LogP contribution in [-0.2, 0) is 14.9 Å². The normalized spacial score (nSPS) is 14.5. The average molecular weight is 534 g/mol. The highest BCUT2D eigenvalue weighted by Gasteiger charge is 2.51. The Labute approximate surface area is 223 Å². The summed E-state index contributed by atoms with van der Waals surface area (Å²) in [6, 6.07) is 20.0. The summed E-state index contributed by atoms with van der Waals surface area (Å²) in [5.41, 5.74) is 4.06. The molecule has 1 amide bonds. The summed E-state index contributed by atoms with van der Waals surface area (Å²) in [4.78, 5) is 24.2. The third-order valence-electron chi connectivity index (χ3n) is 6.93. The molecule has 0 saturated heterocycles. The second kappa shape index (κ2) is 9.95. The molecule has 0 bridgehead atoms. The van der Waals surface area contributed by atoms with Gasteiger partial charge in [0.2, 0.25) is 0 Å². The van der Waals surface area contributed by atoms with Gasteiger partial charge in [-0.25, -0.2) is 13.9 Å². The number of aromatic nitrogens is 2. The molecule has 5 rings (SSSR count). The number of amides is 1. The number of hydrogen-bond donors (Lipinski definition) is 2. The topological polar surface area (TPSA) is 93.5 Å². The Morgan fingerprint density at radius 2 is 1.84 bits per heavy atom. The van der Waals surface area contributed by atoms with Gasteiger partial charge in [0, 0.05) is 10.6 Å². The Kier molecular flexibility index (Phi) is 6.67. The minimum Gasteiger partial charge on any atom is -0.481 e. The third-order valence-corrected chi connectivity index (χ3v) is 7.28. The number of aryl methyl sites for hydroxylation is 1. The van der Waals surface area contributed by atoms with E-state index in [4.69, 9.17) is 16.3 Å². The molecule has 1 aliphatic carbocycles. The van der Waals surface area contributed by atoms with Gasteiger partial charge in [-0.1, -0.05) is 60.1 Å². The number of aliphatic carboxylic acids is 1. The van der Waals surface area contributed by atoms with E-state index < -0.39 is 29.4 Å². The fourth-order valence-corrected chi connectivity index (χ4v) is 4.90. The van der Waals surface area contributed by atoms with Gasteiger partial charge in [0.05, 0.1) is 17.3 Å². The van der Waals surface area contributed by atoms with Crippen LogP contribution < -0.4 is 5.32 Å². The third kappa shape index (κ3) is 4.75. The lowest BCUT2D eigenvalue weighted by Crippen LogP contribution is -2.19. The molecular formula is C29H25ClFN3O4. The van der Waals surface area contributed by atoms with Crippen LogP contribution in [0.2, 0.25) is 5.02 Å². The van der Waals surface area contributed by atoms with Crippen molar-refractivity contribution >= 4 is 29.5 Å². The second-order valence-electron chi connectivity index (χ2n) is 9.41. The molecule has 38 heavy (non-hydrogen) atoms. The quantitative estimate of drug-likeness (QED) is 0.265. The van der Waals surface area contributed by atoms with Gasteiger partial charge < -0.3 is 9.84 Å². The van der Waals surface area contributed by atoms with Gasteiger partial charge in [-0.3, -0.25) is 10.1 Å². The van der Waals surface area contributed by atoms with Gasteiger partial charge in [0.15, 0.2) is 11.6 Å². The lowest BCUT2D eigenvalue weighted by molar-refractivity contribution is -0.140. The maximum atomic E-state index is 14.6. The number of hydrogen-bond acceptors (Lipinski definition) is 4. The Hall–Kier alpha value is -4.17. The largest absolute Gasteiger partial charge is 0.481 e. The number of nitrogens with one attached hydrogen (secondary N) is 1. The van der Waals surface area contributed by atoms with Crippen molar-refractivity contribution in [2.24, 2.45) is 0 Å². The van der Waals surface area contributed by atoms with Gasteiger partial charge >= 0.3 is 12.1 Å². The minimum atomic E-state index is -0.847. The first-order chi connectivity index (χ1) is 18.2. The Balaban J connectivity index is 1.33. The van der Waals surface area contributed by atoms with Crippen LogP contribution in [0.3, 0.4) is 0 Å². The van der Waals surface area contributed by atoms with Gasteiger partial charge in [-0.05, 0) is 67.1 Å². The minimum absolute atomic E-state index is 0.155. The van der Waals surface area contributed by atoms with Crippen LogP contribution in [0.4, 0.5) is 15.0 Å². The molecule has 4 aromatic rings. The molecular weight excluding hydrogens is 509 g/mol. The number of carboxylic acids is 1. The van der Waals surface area contributed by atoms with Gasteiger partial charge in [-0.15, -0.1) is 0 Å². The number of anilines is 1. The monoisotopic (exact) mass is 533 g/mol. The van der Waals surface area contributed by atoms with Crippen LogP contribution in [0.1, 0.15) is 42.6 Å². The van der Waals surface area contributed by atoms with Crippen LogP contribution in [0.15, 0.2) is 72.9 Å². The number of carboxylic acid groups (broad SMARTS) is 1. The van der Waals surface area contributed by atoms with Crippen molar-refractivity contribution in [1.82, 2.24) is 9.78 Å². The van der Waals surface area contributed by atoms with Crippen molar-refractivity contribution in [3.8, 4) is 16.8 Å². The second-order valence-corrected chi connectivity index (χ2v) is 9.82. The van der Waals surface area contributed by atoms with Gasteiger partial charge in [-0.2, -0.15) is 5.10 Å². The Morgan fingerprint density at radius 1 is 1.13 bits per heavy atom. The van der Waals surface area contributed by atoms with Crippen LogP contribution in [0.25, 0.3) is 16.8 Å². The molecule has 1 heterocycles. The number of rotatable bonds is 7. The molecule has 2 N–H and O–H groups in total. The summed E-state index contributed by atoms with van der Waals surface area (Å²) in [7, 11) is 0. The highest BCUT2D eigenvalue weighted by atomic mass is 35.5.